The third-order valence-corrected chi connectivity index (χ3v) is 3.66. The molecule has 0 unspecified atom stereocenters. The zero-order valence-electron chi connectivity index (χ0n) is 10.4. The normalized spacial score (nSPS) is 26.0. The van der Waals surface area contributed by atoms with Crippen LogP contribution in [0.15, 0.2) is 0 Å². The minimum absolute atomic E-state index is 0.00715. The zero-order chi connectivity index (χ0) is 11.9. The Morgan fingerprint density at radius 2 is 1.47 bits per heavy atom. The molecular weight excluding hydrogens is 212 g/mol. The van der Waals surface area contributed by atoms with E-state index in [-0.39, 0.29) is 24.3 Å². The lowest BCUT2D eigenvalue weighted by atomic mass is 9.73. The van der Waals surface area contributed by atoms with Crippen molar-refractivity contribution < 1.29 is 9.31 Å². The highest BCUT2D eigenvalue weighted by atomic mass is 35.5. The highest BCUT2D eigenvalue weighted by molar-refractivity contribution is 6.48. The molecule has 0 aromatic heterocycles. The lowest BCUT2D eigenvalue weighted by Gasteiger charge is -2.32. The van der Waals surface area contributed by atoms with Crippen LogP contribution in [0.3, 0.4) is 0 Å². The van der Waals surface area contributed by atoms with E-state index >= 15 is 0 Å². The predicted octanol–water partition coefficient (Wildman–Crippen LogP) is 2.39. The summed E-state index contributed by atoms with van der Waals surface area (Å²) in [6.07, 6.45) is 0. The van der Waals surface area contributed by atoms with Crippen LogP contribution in [0.5, 0.6) is 0 Å². The molecule has 1 rings (SSSR count). The van der Waals surface area contributed by atoms with E-state index in [4.69, 9.17) is 21.1 Å². The molecule has 15 heavy (non-hydrogen) atoms. The van der Waals surface area contributed by atoms with Gasteiger partial charge in [-0.25, -0.2) is 4.84 Å². The summed E-state index contributed by atoms with van der Waals surface area (Å²) in [5.74, 6) is 0.366. The fraction of sp³-hybridized carbons (Fsp3) is 1.00. The molecule has 1 atom stereocenters. The third-order valence-electron chi connectivity index (χ3n) is 3.41. The molecule has 0 saturated carbocycles. The van der Waals surface area contributed by atoms with E-state index in [1.165, 1.54) is 0 Å². The second-order valence-corrected chi connectivity index (χ2v) is 5.72. The lowest BCUT2D eigenvalue weighted by molar-refractivity contribution is 0.00578. The van der Waals surface area contributed by atoms with Gasteiger partial charge in [0.2, 0.25) is 0 Å². The first-order valence-corrected chi connectivity index (χ1v) is 5.81. The lowest BCUT2D eigenvalue weighted by Crippen LogP contribution is -2.45. The van der Waals surface area contributed by atoms with E-state index in [9.17, 15) is 0 Å². The van der Waals surface area contributed by atoms with Gasteiger partial charge in [0.1, 0.15) is 0 Å². The van der Waals surface area contributed by atoms with Gasteiger partial charge in [0.15, 0.2) is 0 Å². The minimum Gasteiger partial charge on any atom is -0.402 e. The maximum absolute atomic E-state index is 5.91. The van der Waals surface area contributed by atoms with E-state index in [0.717, 1.165) is 0 Å². The van der Waals surface area contributed by atoms with E-state index in [1.807, 2.05) is 27.7 Å². The van der Waals surface area contributed by atoms with Gasteiger partial charge >= 0.3 is 7.12 Å². The molecule has 88 valence electrons. The first kappa shape index (κ1) is 13.3. The van der Waals surface area contributed by atoms with E-state index < -0.39 is 0 Å². The molecular formula is C10H21BClNO2. The molecule has 1 N–H and O–H groups in total. The Kier molecular flexibility index (Phi) is 3.76. The van der Waals surface area contributed by atoms with Crippen molar-refractivity contribution in [2.75, 3.05) is 0 Å². The Bertz CT molecular complexity index is 217. The Balaban J connectivity index is 2.77. The monoisotopic (exact) mass is 233 g/mol. The maximum Gasteiger partial charge on any atom is 0.477 e. The Labute approximate surface area is 98.1 Å². The van der Waals surface area contributed by atoms with Gasteiger partial charge < -0.3 is 9.31 Å². The van der Waals surface area contributed by atoms with Gasteiger partial charge in [-0.1, -0.05) is 13.8 Å². The average Bonchev–Trinajstić information content (AvgIpc) is 2.21. The van der Waals surface area contributed by atoms with Crippen molar-refractivity contribution in [1.82, 2.24) is 4.84 Å². The van der Waals surface area contributed by atoms with Gasteiger partial charge in [0.25, 0.3) is 0 Å². The van der Waals surface area contributed by atoms with Crippen LogP contribution in [-0.2, 0) is 9.31 Å². The fourth-order valence-electron chi connectivity index (χ4n) is 1.53. The standard InChI is InChI=1S/C10H21BClNO2/c1-7(2)8(13-12)11-14-9(3,4)10(5,6)15-11/h7-8,13H,1-6H3/t8-/m1/s1. The summed E-state index contributed by atoms with van der Waals surface area (Å²) >= 11 is 5.72. The molecule has 5 heteroatoms. The predicted molar refractivity (Wildman–Crippen MR) is 63.7 cm³/mol. The van der Waals surface area contributed by atoms with Crippen LogP contribution in [0.2, 0.25) is 0 Å². The van der Waals surface area contributed by atoms with Crippen LogP contribution in [0.25, 0.3) is 0 Å². The molecule has 1 fully saturated rings. The van der Waals surface area contributed by atoms with Crippen LogP contribution >= 0.6 is 11.8 Å². The molecule has 0 aromatic rings. The molecule has 3 nitrogen and oxygen atoms in total. The summed E-state index contributed by atoms with van der Waals surface area (Å²) < 4.78 is 11.8. The maximum atomic E-state index is 5.91. The minimum atomic E-state index is -0.293. The largest absolute Gasteiger partial charge is 0.477 e. The SMILES string of the molecule is CC(C)[C@@H](NCl)B1OC(C)(C)C(C)(C)O1. The molecule has 1 aliphatic rings. The molecule has 0 bridgehead atoms. The average molecular weight is 234 g/mol. The summed E-state index contributed by atoms with van der Waals surface area (Å²) in [5, 5.41) is 0. The smallest absolute Gasteiger partial charge is 0.402 e. The van der Waals surface area contributed by atoms with Crippen LogP contribution in [0.1, 0.15) is 41.5 Å². The van der Waals surface area contributed by atoms with Gasteiger partial charge in [-0.15, -0.1) is 0 Å². The first-order chi connectivity index (χ1) is 6.71. The number of nitrogens with one attached hydrogen (secondary N) is 1. The number of halogens is 1. The van der Waals surface area contributed by atoms with Gasteiger partial charge in [0, 0.05) is 0 Å². The van der Waals surface area contributed by atoms with Crippen molar-refractivity contribution in [2.45, 2.75) is 58.7 Å². The van der Waals surface area contributed by atoms with Crippen LogP contribution in [0.4, 0.5) is 0 Å². The highest BCUT2D eigenvalue weighted by Gasteiger charge is 2.54. The number of rotatable bonds is 3. The number of hydrogen-bond acceptors (Lipinski definition) is 3. The Morgan fingerprint density at radius 3 is 1.73 bits per heavy atom. The van der Waals surface area contributed by atoms with Gasteiger partial charge in [-0.2, -0.15) is 0 Å². The summed E-state index contributed by atoms with van der Waals surface area (Å²) in [6, 6.07) is 0. The number of hydrogen-bond donors (Lipinski definition) is 1. The summed E-state index contributed by atoms with van der Waals surface area (Å²) in [7, 11) is -0.285. The molecule has 0 spiro atoms. The van der Waals surface area contributed by atoms with Crippen LogP contribution in [0, 0.1) is 5.92 Å². The molecule has 0 aromatic carbocycles. The second kappa shape index (κ2) is 4.25. The Hall–Kier alpha value is 0.235. The summed E-state index contributed by atoms with van der Waals surface area (Å²) in [6.45, 7) is 12.3. The third kappa shape index (κ3) is 2.49. The van der Waals surface area contributed by atoms with Gasteiger partial charge in [-0.3, -0.25) is 0 Å². The molecule has 1 saturated heterocycles. The molecule has 0 aliphatic carbocycles. The molecule has 0 amide bonds. The van der Waals surface area contributed by atoms with Crippen molar-refractivity contribution >= 4 is 18.9 Å². The van der Waals surface area contributed by atoms with Crippen molar-refractivity contribution in [3.63, 3.8) is 0 Å². The molecule has 0 radical (unpaired) electrons. The van der Waals surface area contributed by atoms with Crippen molar-refractivity contribution in [2.24, 2.45) is 5.92 Å². The topological polar surface area (TPSA) is 30.5 Å². The first-order valence-electron chi connectivity index (χ1n) is 5.43. The summed E-state index contributed by atoms with van der Waals surface area (Å²) in [4.78, 5) is 2.74. The molecule has 1 aliphatic heterocycles. The van der Waals surface area contributed by atoms with Gasteiger partial charge in [-0.05, 0) is 45.4 Å². The summed E-state index contributed by atoms with van der Waals surface area (Å²) in [5.41, 5.74) is -0.586. The van der Waals surface area contributed by atoms with Crippen molar-refractivity contribution in [3.05, 3.63) is 0 Å². The van der Waals surface area contributed by atoms with Crippen LogP contribution in [-0.4, -0.2) is 24.3 Å². The van der Waals surface area contributed by atoms with Crippen molar-refractivity contribution in [3.8, 4) is 0 Å². The van der Waals surface area contributed by atoms with E-state index in [0.29, 0.717) is 5.92 Å². The highest BCUT2D eigenvalue weighted by Crippen LogP contribution is 2.38. The second-order valence-electron chi connectivity index (χ2n) is 5.50. The van der Waals surface area contributed by atoms with E-state index in [2.05, 4.69) is 18.7 Å². The quantitative estimate of drug-likeness (QED) is 0.600. The zero-order valence-corrected chi connectivity index (χ0v) is 11.2. The fourth-order valence-corrected chi connectivity index (χ4v) is 1.88. The molecule has 1 heterocycles. The Morgan fingerprint density at radius 1 is 1.07 bits per heavy atom. The van der Waals surface area contributed by atoms with Crippen LogP contribution < -0.4 is 4.84 Å². The van der Waals surface area contributed by atoms with E-state index in [1.54, 1.807) is 0 Å². The van der Waals surface area contributed by atoms with Crippen molar-refractivity contribution in [1.29, 1.82) is 0 Å². The van der Waals surface area contributed by atoms with Gasteiger partial charge in [0.05, 0.1) is 17.1 Å².